The summed E-state index contributed by atoms with van der Waals surface area (Å²) in [5.41, 5.74) is 2.53. The Labute approximate surface area is 105 Å². The summed E-state index contributed by atoms with van der Waals surface area (Å²) < 4.78 is 6.78. The molecule has 0 fully saturated rings. The Hall–Kier alpha value is -0.800. The molecule has 0 radical (unpaired) electrons. The Balaban J connectivity index is 2.36. The predicted molar refractivity (Wildman–Crippen MR) is 69.3 cm³/mol. The quantitative estimate of drug-likeness (QED) is 0.918. The van der Waals surface area contributed by atoms with Crippen molar-refractivity contribution in [1.29, 1.82) is 0 Å². The second-order valence-electron chi connectivity index (χ2n) is 3.92. The molecule has 1 aromatic carbocycles. The number of nitrogens with one attached hydrogen (secondary N) is 1. The summed E-state index contributed by atoms with van der Waals surface area (Å²) >= 11 is 3.56. The highest BCUT2D eigenvalue weighted by Gasteiger charge is 2.21. The van der Waals surface area contributed by atoms with E-state index in [1.54, 1.807) is 0 Å². The Morgan fingerprint density at radius 1 is 1.44 bits per heavy atom. The summed E-state index contributed by atoms with van der Waals surface area (Å²) in [6.07, 6.45) is 3.18. The first-order valence-electron chi connectivity index (χ1n) is 5.49. The fraction of sp³-hybridized carbons (Fsp3) is 0.385. The Bertz CT molecular complexity index is 414. The van der Waals surface area contributed by atoms with Crippen LogP contribution in [0.3, 0.4) is 0 Å². The third-order valence-corrected chi connectivity index (χ3v) is 3.78. The maximum atomic E-state index is 5.64. The zero-order valence-corrected chi connectivity index (χ0v) is 11.2. The molecule has 1 aromatic rings. The van der Waals surface area contributed by atoms with Crippen molar-refractivity contribution in [2.24, 2.45) is 0 Å². The highest BCUT2D eigenvalue weighted by molar-refractivity contribution is 9.10. The molecule has 0 saturated heterocycles. The fourth-order valence-electron chi connectivity index (χ4n) is 2.03. The monoisotopic (exact) mass is 281 g/mol. The highest BCUT2D eigenvalue weighted by Crippen LogP contribution is 2.31. The van der Waals surface area contributed by atoms with Gasteiger partial charge in [-0.15, -0.1) is 0 Å². The van der Waals surface area contributed by atoms with Gasteiger partial charge >= 0.3 is 0 Å². The molecular formula is C13H16BrNO. The van der Waals surface area contributed by atoms with Crippen LogP contribution in [0.1, 0.15) is 23.6 Å². The molecular weight excluding hydrogens is 266 g/mol. The maximum Gasteiger partial charge on any atom is 0.114 e. The maximum absolute atomic E-state index is 5.64. The van der Waals surface area contributed by atoms with E-state index in [2.05, 4.69) is 52.4 Å². The first-order chi connectivity index (χ1) is 7.74. The number of ether oxygens (including phenoxy) is 1. The summed E-state index contributed by atoms with van der Waals surface area (Å²) in [6.45, 7) is 2.93. The molecule has 1 aliphatic heterocycles. The number of rotatable bonds is 3. The third-order valence-electron chi connectivity index (χ3n) is 2.93. The van der Waals surface area contributed by atoms with Gasteiger partial charge in [0.05, 0.1) is 12.6 Å². The van der Waals surface area contributed by atoms with Gasteiger partial charge in [0.1, 0.15) is 5.76 Å². The molecule has 86 valence electrons. The first-order valence-corrected chi connectivity index (χ1v) is 6.28. The van der Waals surface area contributed by atoms with Gasteiger partial charge < -0.3 is 10.1 Å². The molecule has 1 aliphatic rings. The van der Waals surface area contributed by atoms with Crippen LogP contribution in [-0.2, 0) is 4.74 Å². The molecule has 0 amide bonds. The second kappa shape index (κ2) is 5.02. The van der Waals surface area contributed by atoms with E-state index >= 15 is 0 Å². The molecule has 1 N–H and O–H groups in total. The van der Waals surface area contributed by atoms with Gasteiger partial charge in [-0.05, 0) is 37.2 Å². The van der Waals surface area contributed by atoms with Gasteiger partial charge in [0, 0.05) is 10.9 Å². The summed E-state index contributed by atoms with van der Waals surface area (Å²) in [5.74, 6) is 1.05. The minimum absolute atomic E-state index is 0.167. The third kappa shape index (κ3) is 2.15. The van der Waals surface area contributed by atoms with Crippen molar-refractivity contribution in [2.75, 3.05) is 13.7 Å². The number of hydrogen-bond acceptors (Lipinski definition) is 2. The van der Waals surface area contributed by atoms with E-state index < -0.39 is 0 Å². The normalized spacial score (nSPS) is 16.8. The van der Waals surface area contributed by atoms with E-state index in [9.17, 15) is 0 Å². The Morgan fingerprint density at radius 2 is 2.25 bits per heavy atom. The van der Waals surface area contributed by atoms with Crippen LogP contribution in [0.4, 0.5) is 0 Å². The zero-order chi connectivity index (χ0) is 11.5. The average Bonchev–Trinajstić information content (AvgIpc) is 2.79. The van der Waals surface area contributed by atoms with Crippen molar-refractivity contribution in [2.45, 2.75) is 19.4 Å². The highest BCUT2D eigenvalue weighted by atomic mass is 79.9. The summed E-state index contributed by atoms with van der Waals surface area (Å²) in [6, 6.07) is 6.44. The Kier molecular flexibility index (Phi) is 3.66. The summed E-state index contributed by atoms with van der Waals surface area (Å²) in [7, 11) is 1.97. The SMILES string of the molecule is CNC(C1=CCCO1)c1cccc(Br)c1C. The molecule has 1 atom stereocenters. The topological polar surface area (TPSA) is 21.3 Å². The van der Waals surface area contributed by atoms with Gasteiger partial charge in [-0.2, -0.15) is 0 Å². The van der Waals surface area contributed by atoms with Crippen LogP contribution < -0.4 is 5.32 Å². The number of halogens is 1. The molecule has 1 unspecified atom stereocenters. The lowest BCUT2D eigenvalue weighted by Gasteiger charge is -2.20. The van der Waals surface area contributed by atoms with E-state index in [0.717, 1.165) is 23.3 Å². The minimum atomic E-state index is 0.167. The van der Waals surface area contributed by atoms with Crippen molar-refractivity contribution in [3.8, 4) is 0 Å². The van der Waals surface area contributed by atoms with Crippen LogP contribution >= 0.6 is 15.9 Å². The van der Waals surface area contributed by atoms with Crippen molar-refractivity contribution in [3.63, 3.8) is 0 Å². The van der Waals surface area contributed by atoms with Gasteiger partial charge in [-0.3, -0.25) is 0 Å². The molecule has 0 spiro atoms. The van der Waals surface area contributed by atoms with Gasteiger partial charge in [-0.25, -0.2) is 0 Å². The van der Waals surface area contributed by atoms with Crippen LogP contribution in [0.2, 0.25) is 0 Å². The smallest absolute Gasteiger partial charge is 0.114 e. The summed E-state index contributed by atoms with van der Waals surface area (Å²) in [5, 5.41) is 3.31. The van der Waals surface area contributed by atoms with Gasteiger partial charge in [-0.1, -0.05) is 28.1 Å². The summed E-state index contributed by atoms with van der Waals surface area (Å²) in [4.78, 5) is 0. The first kappa shape index (κ1) is 11.7. The van der Waals surface area contributed by atoms with E-state index in [4.69, 9.17) is 4.74 Å². The molecule has 0 aromatic heterocycles. The molecule has 0 bridgehead atoms. The second-order valence-corrected chi connectivity index (χ2v) is 4.77. The number of hydrogen-bond donors (Lipinski definition) is 1. The minimum Gasteiger partial charge on any atom is -0.496 e. The van der Waals surface area contributed by atoms with Gasteiger partial charge in [0.2, 0.25) is 0 Å². The molecule has 2 nitrogen and oxygen atoms in total. The van der Waals surface area contributed by atoms with E-state index in [1.807, 2.05) is 7.05 Å². The van der Waals surface area contributed by atoms with Gasteiger partial charge in [0.15, 0.2) is 0 Å². The lowest BCUT2D eigenvalue weighted by atomic mass is 10.00. The largest absolute Gasteiger partial charge is 0.496 e. The molecule has 2 rings (SSSR count). The molecule has 3 heteroatoms. The van der Waals surface area contributed by atoms with Gasteiger partial charge in [0.25, 0.3) is 0 Å². The zero-order valence-electron chi connectivity index (χ0n) is 9.59. The molecule has 0 aliphatic carbocycles. The van der Waals surface area contributed by atoms with Crippen LogP contribution in [-0.4, -0.2) is 13.7 Å². The van der Waals surface area contributed by atoms with E-state index in [0.29, 0.717) is 0 Å². The van der Waals surface area contributed by atoms with Crippen LogP contribution in [0.5, 0.6) is 0 Å². The average molecular weight is 282 g/mol. The standard InChI is InChI=1S/C13H16BrNO/c1-9-10(5-3-6-11(9)14)13(15-2)12-7-4-8-16-12/h3,5-7,13,15H,4,8H2,1-2H3. The lowest BCUT2D eigenvalue weighted by molar-refractivity contribution is 0.218. The van der Waals surface area contributed by atoms with Crippen LogP contribution in [0, 0.1) is 6.92 Å². The fourth-order valence-corrected chi connectivity index (χ4v) is 2.41. The van der Waals surface area contributed by atoms with E-state index in [-0.39, 0.29) is 6.04 Å². The molecule has 0 saturated carbocycles. The number of benzene rings is 1. The van der Waals surface area contributed by atoms with Crippen LogP contribution in [0.25, 0.3) is 0 Å². The van der Waals surface area contributed by atoms with Crippen molar-refractivity contribution >= 4 is 15.9 Å². The van der Waals surface area contributed by atoms with Crippen LogP contribution in [0.15, 0.2) is 34.5 Å². The molecule has 16 heavy (non-hydrogen) atoms. The van der Waals surface area contributed by atoms with Crippen molar-refractivity contribution < 1.29 is 4.74 Å². The number of likely N-dealkylation sites (N-methyl/N-ethyl adjacent to an activating group) is 1. The van der Waals surface area contributed by atoms with Crippen molar-refractivity contribution in [1.82, 2.24) is 5.32 Å². The molecule has 1 heterocycles. The Morgan fingerprint density at radius 3 is 2.88 bits per heavy atom. The van der Waals surface area contributed by atoms with Crippen molar-refractivity contribution in [3.05, 3.63) is 45.6 Å². The lowest BCUT2D eigenvalue weighted by Crippen LogP contribution is -2.20. The van der Waals surface area contributed by atoms with E-state index in [1.165, 1.54) is 11.1 Å². The predicted octanol–water partition coefficient (Wildman–Crippen LogP) is 3.32.